The van der Waals surface area contributed by atoms with Crippen molar-refractivity contribution in [3.8, 4) is 0 Å². The second-order valence-corrected chi connectivity index (χ2v) is 10.5. The molecule has 1 aliphatic heterocycles. The van der Waals surface area contributed by atoms with Crippen LogP contribution in [0.15, 0.2) is 69.6 Å². The lowest BCUT2D eigenvalue weighted by molar-refractivity contribution is -0.139. The number of ether oxygens (including phenoxy) is 1. The Morgan fingerprint density at radius 1 is 1.03 bits per heavy atom. The van der Waals surface area contributed by atoms with E-state index in [0.717, 1.165) is 11.1 Å². The monoisotopic (exact) mass is 488 g/mol. The summed E-state index contributed by atoms with van der Waals surface area (Å²) in [6, 6.07) is 15.8. The summed E-state index contributed by atoms with van der Waals surface area (Å²) in [7, 11) is 0. The van der Waals surface area contributed by atoms with Crippen LogP contribution in [0, 0.1) is 0 Å². The molecule has 3 aromatic rings. The Morgan fingerprint density at radius 2 is 1.60 bits per heavy atom. The lowest BCUT2D eigenvalue weighted by Gasteiger charge is -2.25. The lowest BCUT2D eigenvalue weighted by atomic mass is 9.93. The van der Waals surface area contributed by atoms with Gasteiger partial charge in [-0.25, -0.2) is 9.79 Å². The van der Waals surface area contributed by atoms with Crippen molar-refractivity contribution in [2.75, 3.05) is 6.61 Å². The van der Waals surface area contributed by atoms with Crippen LogP contribution in [0.5, 0.6) is 0 Å². The van der Waals surface area contributed by atoms with Crippen LogP contribution in [0.25, 0.3) is 6.08 Å². The normalized spacial score (nSPS) is 16.0. The predicted molar refractivity (Wildman–Crippen MR) is 141 cm³/mol. The first-order valence-corrected chi connectivity index (χ1v) is 12.9. The molecule has 4 rings (SSSR count). The smallest absolute Gasteiger partial charge is 0.338 e. The van der Waals surface area contributed by atoms with E-state index in [1.807, 2.05) is 37.3 Å². The SMILES string of the molecule is CCOC(=O)C1=C(C)N=c2s/c(=C\c3ccc(C(C)C)cc3)c(=O)n2[C@@H]1c1ccc(C(C)C)cc1. The maximum atomic E-state index is 13.7. The zero-order valence-corrected chi connectivity index (χ0v) is 22.0. The molecule has 0 radical (unpaired) electrons. The molecule has 0 bridgehead atoms. The Hall–Kier alpha value is -3.25. The van der Waals surface area contributed by atoms with Crippen molar-refractivity contribution in [2.24, 2.45) is 4.99 Å². The van der Waals surface area contributed by atoms with Gasteiger partial charge >= 0.3 is 5.97 Å². The predicted octanol–water partition coefficient (Wildman–Crippen LogP) is 5.05. The number of allylic oxidation sites excluding steroid dienone is 1. The molecule has 1 atom stereocenters. The van der Waals surface area contributed by atoms with Crippen LogP contribution in [-0.4, -0.2) is 17.1 Å². The topological polar surface area (TPSA) is 60.7 Å². The third-order valence-electron chi connectivity index (χ3n) is 6.34. The van der Waals surface area contributed by atoms with E-state index >= 15 is 0 Å². The molecule has 0 aliphatic carbocycles. The zero-order chi connectivity index (χ0) is 25.3. The Labute approximate surface area is 210 Å². The molecule has 0 saturated carbocycles. The maximum absolute atomic E-state index is 13.7. The number of thiazole rings is 1. The molecule has 0 unspecified atom stereocenters. The van der Waals surface area contributed by atoms with Crippen LogP contribution in [-0.2, 0) is 9.53 Å². The number of carbonyl (C=O) groups is 1. The number of aromatic nitrogens is 1. The molecule has 5 nitrogen and oxygen atoms in total. The van der Waals surface area contributed by atoms with Crippen molar-refractivity contribution in [2.45, 2.75) is 59.4 Å². The van der Waals surface area contributed by atoms with Crippen molar-refractivity contribution in [3.63, 3.8) is 0 Å². The summed E-state index contributed by atoms with van der Waals surface area (Å²) in [4.78, 5) is 31.9. The summed E-state index contributed by atoms with van der Waals surface area (Å²) in [6.07, 6.45) is 1.90. The third-order valence-corrected chi connectivity index (χ3v) is 7.32. The minimum atomic E-state index is -0.586. The highest BCUT2D eigenvalue weighted by atomic mass is 32.1. The molecule has 182 valence electrons. The van der Waals surface area contributed by atoms with Crippen LogP contribution >= 0.6 is 11.3 Å². The van der Waals surface area contributed by atoms with Gasteiger partial charge in [0.05, 0.1) is 28.5 Å². The van der Waals surface area contributed by atoms with Gasteiger partial charge in [0.1, 0.15) is 0 Å². The fourth-order valence-electron chi connectivity index (χ4n) is 4.30. The fourth-order valence-corrected chi connectivity index (χ4v) is 5.35. The highest BCUT2D eigenvalue weighted by molar-refractivity contribution is 7.07. The van der Waals surface area contributed by atoms with E-state index in [-0.39, 0.29) is 12.2 Å². The summed E-state index contributed by atoms with van der Waals surface area (Å²) >= 11 is 1.35. The Bertz CT molecular complexity index is 1440. The minimum absolute atomic E-state index is 0.158. The van der Waals surface area contributed by atoms with Gasteiger partial charge in [0, 0.05) is 0 Å². The molecule has 6 heteroatoms. The van der Waals surface area contributed by atoms with E-state index < -0.39 is 12.0 Å². The van der Waals surface area contributed by atoms with Crippen molar-refractivity contribution in [3.05, 3.63) is 102 Å². The Morgan fingerprint density at radius 3 is 2.14 bits per heavy atom. The Kier molecular flexibility index (Phi) is 7.22. The van der Waals surface area contributed by atoms with Crippen LogP contribution in [0.4, 0.5) is 0 Å². The quantitative estimate of drug-likeness (QED) is 0.457. The van der Waals surface area contributed by atoms with Gasteiger partial charge in [-0.2, -0.15) is 0 Å². The van der Waals surface area contributed by atoms with E-state index in [1.54, 1.807) is 11.5 Å². The molecule has 1 aliphatic rings. The summed E-state index contributed by atoms with van der Waals surface area (Å²) in [5.41, 5.74) is 5.10. The minimum Gasteiger partial charge on any atom is -0.463 e. The van der Waals surface area contributed by atoms with Gasteiger partial charge in [0.15, 0.2) is 4.80 Å². The average Bonchev–Trinajstić information content (AvgIpc) is 3.13. The van der Waals surface area contributed by atoms with Crippen molar-refractivity contribution in [1.29, 1.82) is 0 Å². The summed E-state index contributed by atoms with van der Waals surface area (Å²) in [5.74, 6) is 0.390. The van der Waals surface area contributed by atoms with Gasteiger partial charge in [-0.05, 0) is 54.0 Å². The first-order valence-electron chi connectivity index (χ1n) is 12.1. The summed E-state index contributed by atoms with van der Waals surface area (Å²) < 4.78 is 7.60. The van der Waals surface area contributed by atoms with Crippen molar-refractivity contribution >= 4 is 23.4 Å². The van der Waals surface area contributed by atoms with Crippen LogP contribution < -0.4 is 14.9 Å². The fraction of sp³-hybridized carbons (Fsp3) is 0.345. The average molecular weight is 489 g/mol. The maximum Gasteiger partial charge on any atom is 0.338 e. The molecule has 0 fully saturated rings. The first kappa shape index (κ1) is 24.9. The summed E-state index contributed by atoms with van der Waals surface area (Å²) in [5, 5.41) is 0. The molecule has 2 aromatic carbocycles. The van der Waals surface area contributed by atoms with Gasteiger partial charge < -0.3 is 4.74 Å². The van der Waals surface area contributed by atoms with Gasteiger partial charge in [0.25, 0.3) is 5.56 Å². The van der Waals surface area contributed by atoms with Crippen LogP contribution in [0.3, 0.4) is 0 Å². The first-order chi connectivity index (χ1) is 16.7. The number of benzene rings is 2. The number of carbonyl (C=O) groups excluding carboxylic acids is 1. The van der Waals surface area contributed by atoms with E-state index in [4.69, 9.17) is 4.74 Å². The van der Waals surface area contributed by atoms with Crippen LogP contribution in [0.2, 0.25) is 0 Å². The molecule has 1 aromatic heterocycles. The molecule has 0 amide bonds. The van der Waals surface area contributed by atoms with Gasteiger partial charge in [-0.1, -0.05) is 87.6 Å². The summed E-state index contributed by atoms with van der Waals surface area (Å²) in [6.45, 7) is 12.4. The zero-order valence-electron chi connectivity index (χ0n) is 21.2. The number of hydrogen-bond donors (Lipinski definition) is 0. The van der Waals surface area contributed by atoms with Crippen molar-refractivity contribution < 1.29 is 9.53 Å². The highest BCUT2D eigenvalue weighted by Gasteiger charge is 2.33. The molecule has 0 spiro atoms. The standard InChI is InChI=1S/C29H32N2O3S/c1-7-34-28(33)25-19(6)30-29-31(26(25)23-14-12-22(13-15-23)18(4)5)27(32)24(35-29)16-20-8-10-21(11-9-20)17(2)3/h8-18,26H,7H2,1-6H3/b24-16-/t26-/m1/s1. The van der Waals surface area contributed by atoms with E-state index in [0.29, 0.717) is 32.4 Å². The van der Waals surface area contributed by atoms with Gasteiger partial charge in [0.2, 0.25) is 0 Å². The lowest BCUT2D eigenvalue weighted by Crippen LogP contribution is -2.39. The molecule has 0 N–H and O–H groups in total. The molecular formula is C29H32N2O3S. The third kappa shape index (κ3) is 4.94. The van der Waals surface area contributed by atoms with Gasteiger partial charge in [-0.15, -0.1) is 0 Å². The molecule has 35 heavy (non-hydrogen) atoms. The number of rotatable bonds is 6. The number of fused-ring (bicyclic) bond motifs is 1. The second kappa shape index (κ2) is 10.2. The van der Waals surface area contributed by atoms with E-state index in [2.05, 4.69) is 57.0 Å². The highest BCUT2D eigenvalue weighted by Crippen LogP contribution is 2.31. The largest absolute Gasteiger partial charge is 0.463 e. The molecule has 2 heterocycles. The Balaban J connectivity index is 1.88. The number of hydrogen-bond acceptors (Lipinski definition) is 5. The van der Waals surface area contributed by atoms with E-state index in [9.17, 15) is 9.59 Å². The second-order valence-electron chi connectivity index (χ2n) is 9.45. The number of esters is 1. The molecule has 0 saturated heterocycles. The number of nitrogens with zero attached hydrogens (tertiary/aromatic N) is 2. The van der Waals surface area contributed by atoms with Gasteiger partial charge in [-0.3, -0.25) is 9.36 Å². The van der Waals surface area contributed by atoms with Crippen molar-refractivity contribution in [1.82, 2.24) is 4.57 Å². The van der Waals surface area contributed by atoms with E-state index in [1.165, 1.54) is 22.5 Å². The van der Waals surface area contributed by atoms with Crippen LogP contribution in [0.1, 0.15) is 81.7 Å². The molecular weight excluding hydrogens is 456 g/mol.